The third kappa shape index (κ3) is 4.56. The minimum atomic E-state index is -0.121. The van der Waals surface area contributed by atoms with E-state index in [-0.39, 0.29) is 5.91 Å². The lowest BCUT2D eigenvalue weighted by Gasteiger charge is -1.97. The normalized spacial score (nSPS) is 11.9. The summed E-state index contributed by atoms with van der Waals surface area (Å²) in [5.41, 5.74) is 3.39. The molecule has 19 heavy (non-hydrogen) atoms. The Balaban J connectivity index is 1.81. The van der Waals surface area contributed by atoms with E-state index in [2.05, 4.69) is 10.5 Å². The summed E-state index contributed by atoms with van der Waals surface area (Å²) in [6, 6.07) is 7.52. The SMILES string of the molecule is CC(/C=N\NC(=O)Cc1cccs1)=C\c1ccco1. The predicted octanol–water partition coefficient (Wildman–Crippen LogP) is 3.09. The first-order valence-corrected chi connectivity index (χ1v) is 6.68. The van der Waals surface area contributed by atoms with Crippen molar-refractivity contribution in [1.82, 2.24) is 5.43 Å². The number of nitrogens with one attached hydrogen (secondary N) is 1. The lowest BCUT2D eigenvalue weighted by atomic mass is 10.3. The second kappa shape index (κ2) is 6.70. The van der Waals surface area contributed by atoms with Gasteiger partial charge in [0.15, 0.2) is 0 Å². The molecule has 2 aromatic rings. The predicted molar refractivity (Wildman–Crippen MR) is 77.0 cm³/mol. The molecule has 1 amide bonds. The highest BCUT2D eigenvalue weighted by Crippen LogP contribution is 2.08. The van der Waals surface area contributed by atoms with E-state index in [0.717, 1.165) is 16.2 Å². The molecule has 0 aliphatic heterocycles. The van der Waals surface area contributed by atoms with Gasteiger partial charge in [0.1, 0.15) is 5.76 Å². The molecule has 0 unspecified atom stereocenters. The van der Waals surface area contributed by atoms with Crippen molar-refractivity contribution in [3.05, 3.63) is 52.1 Å². The monoisotopic (exact) mass is 274 g/mol. The molecule has 98 valence electrons. The number of carbonyl (C=O) groups is 1. The molecule has 0 radical (unpaired) electrons. The van der Waals surface area contributed by atoms with E-state index in [1.807, 2.05) is 42.6 Å². The summed E-state index contributed by atoms with van der Waals surface area (Å²) >= 11 is 1.56. The van der Waals surface area contributed by atoms with Gasteiger partial charge in [-0.05, 0) is 42.2 Å². The molecule has 2 rings (SSSR count). The van der Waals surface area contributed by atoms with Gasteiger partial charge in [0.05, 0.1) is 18.9 Å². The zero-order valence-corrected chi connectivity index (χ0v) is 11.3. The molecule has 2 aromatic heterocycles. The minimum Gasteiger partial charge on any atom is -0.465 e. The van der Waals surface area contributed by atoms with E-state index in [4.69, 9.17) is 4.42 Å². The van der Waals surface area contributed by atoms with Crippen molar-refractivity contribution in [2.24, 2.45) is 5.10 Å². The van der Waals surface area contributed by atoms with Crippen molar-refractivity contribution < 1.29 is 9.21 Å². The summed E-state index contributed by atoms with van der Waals surface area (Å²) in [5, 5.41) is 5.85. The number of hydrogen-bond donors (Lipinski definition) is 1. The van der Waals surface area contributed by atoms with E-state index < -0.39 is 0 Å². The minimum absolute atomic E-state index is 0.121. The zero-order valence-electron chi connectivity index (χ0n) is 10.5. The maximum absolute atomic E-state index is 11.6. The van der Waals surface area contributed by atoms with Crippen LogP contribution in [0, 0.1) is 0 Å². The fourth-order valence-corrected chi connectivity index (χ4v) is 2.16. The molecule has 0 aromatic carbocycles. The van der Waals surface area contributed by atoms with Crippen LogP contribution in [0.25, 0.3) is 6.08 Å². The van der Waals surface area contributed by atoms with Crippen LogP contribution in [0.1, 0.15) is 17.6 Å². The smallest absolute Gasteiger partial charge is 0.245 e. The van der Waals surface area contributed by atoms with E-state index in [0.29, 0.717) is 6.42 Å². The van der Waals surface area contributed by atoms with E-state index in [9.17, 15) is 4.79 Å². The second-order valence-corrected chi connectivity index (χ2v) is 4.99. The van der Waals surface area contributed by atoms with Crippen LogP contribution < -0.4 is 5.43 Å². The van der Waals surface area contributed by atoms with Crippen molar-refractivity contribution in [2.75, 3.05) is 0 Å². The first kappa shape index (κ1) is 13.3. The van der Waals surface area contributed by atoms with Gasteiger partial charge in [0.25, 0.3) is 0 Å². The average molecular weight is 274 g/mol. The maximum Gasteiger partial charge on any atom is 0.245 e. The van der Waals surface area contributed by atoms with Gasteiger partial charge < -0.3 is 4.42 Å². The Morgan fingerprint density at radius 2 is 2.37 bits per heavy atom. The highest BCUT2D eigenvalue weighted by atomic mass is 32.1. The molecule has 0 aliphatic carbocycles. The number of hydrogen-bond acceptors (Lipinski definition) is 4. The fourth-order valence-electron chi connectivity index (χ4n) is 1.45. The molecule has 0 aliphatic rings. The number of carbonyl (C=O) groups excluding carboxylic acids is 1. The quantitative estimate of drug-likeness (QED) is 0.673. The molecule has 0 saturated heterocycles. The van der Waals surface area contributed by atoms with Gasteiger partial charge >= 0.3 is 0 Å². The van der Waals surface area contributed by atoms with Gasteiger partial charge in [-0.15, -0.1) is 11.3 Å². The lowest BCUT2D eigenvalue weighted by molar-refractivity contribution is -0.120. The van der Waals surface area contributed by atoms with E-state index >= 15 is 0 Å². The molecule has 1 N–H and O–H groups in total. The van der Waals surface area contributed by atoms with Crippen LogP contribution in [-0.2, 0) is 11.2 Å². The summed E-state index contributed by atoms with van der Waals surface area (Å²) in [5.74, 6) is 0.637. The Morgan fingerprint density at radius 1 is 1.47 bits per heavy atom. The Labute approximate surface area is 115 Å². The molecule has 0 fully saturated rings. The molecule has 5 heteroatoms. The molecular weight excluding hydrogens is 260 g/mol. The van der Waals surface area contributed by atoms with Crippen LogP contribution in [0.4, 0.5) is 0 Å². The summed E-state index contributed by atoms with van der Waals surface area (Å²) in [7, 11) is 0. The molecule has 0 bridgehead atoms. The number of amides is 1. The van der Waals surface area contributed by atoms with Gasteiger partial charge in [-0.2, -0.15) is 5.10 Å². The molecule has 0 atom stereocenters. The number of thiophene rings is 1. The van der Waals surface area contributed by atoms with Gasteiger partial charge in [-0.25, -0.2) is 5.43 Å². The van der Waals surface area contributed by atoms with Gasteiger partial charge in [-0.3, -0.25) is 4.79 Å². The molecule has 0 spiro atoms. The number of furan rings is 1. The number of hydrazone groups is 1. The summed E-state index contributed by atoms with van der Waals surface area (Å²) in [4.78, 5) is 12.6. The second-order valence-electron chi connectivity index (χ2n) is 3.95. The largest absolute Gasteiger partial charge is 0.465 e. The van der Waals surface area contributed by atoms with Gasteiger partial charge in [0, 0.05) is 4.88 Å². The summed E-state index contributed by atoms with van der Waals surface area (Å²) < 4.78 is 5.18. The van der Waals surface area contributed by atoms with Gasteiger partial charge in [0.2, 0.25) is 5.91 Å². The number of allylic oxidation sites excluding steroid dienone is 1. The summed E-state index contributed by atoms with van der Waals surface area (Å²) in [6.45, 7) is 1.89. The van der Waals surface area contributed by atoms with Crippen LogP contribution in [0.2, 0.25) is 0 Å². The highest BCUT2D eigenvalue weighted by Gasteiger charge is 2.01. The Kier molecular flexibility index (Phi) is 4.69. The molecule has 0 saturated carbocycles. The Morgan fingerprint density at radius 3 is 3.05 bits per heavy atom. The number of rotatable bonds is 5. The average Bonchev–Trinajstić information content (AvgIpc) is 3.02. The van der Waals surface area contributed by atoms with Crippen LogP contribution in [0.5, 0.6) is 0 Å². The van der Waals surface area contributed by atoms with Crippen molar-refractivity contribution in [2.45, 2.75) is 13.3 Å². The fraction of sp³-hybridized carbons (Fsp3) is 0.143. The van der Waals surface area contributed by atoms with E-state index in [1.165, 1.54) is 0 Å². The standard InChI is InChI=1S/C14H14N2O2S/c1-11(8-12-4-2-6-18-12)10-15-16-14(17)9-13-5-3-7-19-13/h2-8,10H,9H2,1H3,(H,16,17)/b11-8+,15-10-. The molecule has 4 nitrogen and oxygen atoms in total. The Hall–Kier alpha value is -2.14. The van der Waals surface area contributed by atoms with Crippen molar-refractivity contribution >= 4 is 29.5 Å². The molecular formula is C14H14N2O2S. The van der Waals surface area contributed by atoms with Crippen LogP contribution in [-0.4, -0.2) is 12.1 Å². The lowest BCUT2D eigenvalue weighted by Crippen LogP contribution is -2.19. The first-order valence-electron chi connectivity index (χ1n) is 5.80. The van der Waals surface area contributed by atoms with Gasteiger partial charge in [-0.1, -0.05) is 6.07 Å². The van der Waals surface area contributed by atoms with Crippen LogP contribution in [0.15, 0.2) is 51.0 Å². The third-order valence-corrected chi connectivity index (χ3v) is 3.16. The maximum atomic E-state index is 11.6. The van der Waals surface area contributed by atoms with Crippen molar-refractivity contribution in [3.63, 3.8) is 0 Å². The van der Waals surface area contributed by atoms with E-state index in [1.54, 1.807) is 23.8 Å². The Bertz CT molecular complexity index is 569. The topological polar surface area (TPSA) is 54.6 Å². The van der Waals surface area contributed by atoms with Crippen LogP contribution >= 0.6 is 11.3 Å². The van der Waals surface area contributed by atoms with Crippen LogP contribution in [0.3, 0.4) is 0 Å². The first-order chi connectivity index (χ1) is 9.24. The van der Waals surface area contributed by atoms with Crippen molar-refractivity contribution in [3.8, 4) is 0 Å². The van der Waals surface area contributed by atoms with Crippen molar-refractivity contribution in [1.29, 1.82) is 0 Å². The molecule has 2 heterocycles. The summed E-state index contributed by atoms with van der Waals surface area (Å²) in [6.07, 6.45) is 5.40. The third-order valence-electron chi connectivity index (χ3n) is 2.29. The number of nitrogens with zero attached hydrogens (tertiary/aromatic N) is 1. The zero-order chi connectivity index (χ0) is 13.5. The highest BCUT2D eigenvalue weighted by molar-refractivity contribution is 7.10.